The van der Waals surface area contributed by atoms with Gasteiger partial charge in [-0.25, -0.2) is 9.10 Å². The van der Waals surface area contributed by atoms with Crippen LogP contribution < -0.4 is 23.6 Å². The van der Waals surface area contributed by atoms with Gasteiger partial charge in [-0.2, -0.15) is 18.0 Å². The zero-order chi connectivity index (χ0) is 24.0. The molecular formula is C20H29N5O7S. The van der Waals surface area contributed by atoms with E-state index in [0.29, 0.717) is 50.8 Å². The minimum absolute atomic E-state index is 0.178. The number of ether oxygens (including phenoxy) is 3. The molecule has 12 nitrogen and oxygen atoms in total. The van der Waals surface area contributed by atoms with Gasteiger partial charge in [0.2, 0.25) is 0 Å². The van der Waals surface area contributed by atoms with Crippen LogP contribution in [-0.2, 0) is 22.0 Å². The van der Waals surface area contributed by atoms with Crippen LogP contribution in [-0.4, -0.2) is 56.7 Å². The molecule has 33 heavy (non-hydrogen) atoms. The molecule has 1 aromatic heterocycles. The fourth-order valence-electron chi connectivity index (χ4n) is 3.52. The first-order valence-electron chi connectivity index (χ1n) is 10.6. The number of amides is 2. The number of benzene rings is 1. The first kappa shape index (κ1) is 24.8. The van der Waals surface area contributed by atoms with Crippen LogP contribution in [0.2, 0.25) is 0 Å². The zero-order valence-corrected chi connectivity index (χ0v) is 19.6. The van der Waals surface area contributed by atoms with Crippen molar-refractivity contribution < 1.29 is 31.9 Å². The van der Waals surface area contributed by atoms with Crippen LogP contribution in [0.1, 0.15) is 26.7 Å². The fraction of sp³-hybridized carbons (Fsp3) is 0.500. The summed E-state index contributed by atoms with van der Waals surface area (Å²) in [5, 5.41) is 19.3. The number of hydrogen-bond acceptors (Lipinski definition) is 8. The van der Waals surface area contributed by atoms with Crippen LogP contribution in [0.5, 0.6) is 11.5 Å². The molecule has 0 aliphatic carbocycles. The smallest absolute Gasteiger partial charge is 0.436 e. The van der Waals surface area contributed by atoms with E-state index in [1.165, 1.54) is 29.2 Å². The number of aromatic nitrogens is 2. The predicted molar refractivity (Wildman–Crippen MR) is 121 cm³/mol. The summed E-state index contributed by atoms with van der Waals surface area (Å²) in [4.78, 5) is 12.7. The van der Waals surface area contributed by atoms with Crippen LogP contribution >= 0.6 is 0 Å². The summed E-state index contributed by atoms with van der Waals surface area (Å²) in [5.41, 5.74) is 0.388. The average Bonchev–Trinajstić information content (AvgIpc) is 3.19. The van der Waals surface area contributed by atoms with Gasteiger partial charge in [0.05, 0.1) is 36.8 Å². The second-order valence-corrected chi connectivity index (χ2v) is 9.03. The summed E-state index contributed by atoms with van der Waals surface area (Å²) < 4.78 is 43.7. The molecule has 1 aromatic carbocycles. The van der Waals surface area contributed by atoms with Gasteiger partial charge in [0, 0.05) is 44.7 Å². The van der Waals surface area contributed by atoms with Crippen LogP contribution in [0.4, 0.5) is 16.2 Å². The summed E-state index contributed by atoms with van der Waals surface area (Å²) in [7, 11) is -3.06. The van der Waals surface area contributed by atoms with E-state index in [1.807, 2.05) is 0 Å². The van der Waals surface area contributed by atoms with Crippen molar-refractivity contribution in [2.24, 2.45) is 7.05 Å². The lowest BCUT2D eigenvalue weighted by molar-refractivity contribution is -0.604. The lowest BCUT2D eigenvalue weighted by Crippen LogP contribution is -3.14. The molecule has 2 N–H and O–H groups in total. The van der Waals surface area contributed by atoms with E-state index in [0.717, 1.165) is 4.31 Å². The topological polar surface area (TPSA) is 139 Å². The van der Waals surface area contributed by atoms with Crippen molar-refractivity contribution in [1.82, 2.24) is 9.78 Å². The van der Waals surface area contributed by atoms with Crippen LogP contribution in [0, 0.1) is 5.21 Å². The third-order valence-electron chi connectivity index (χ3n) is 4.91. The molecule has 1 fully saturated rings. The number of nitrogens with one attached hydrogen (secondary N) is 2. The Labute approximate surface area is 192 Å². The van der Waals surface area contributed by atoms with Crippen molar-refractivity contribution in [2.45, 2.75) is 32.7 Å². The minimum Gasteiger partial charge on any atom is -0.608 e. The number of hydroxylamine groups is 1. The molecular weight excluding hydrogens is 454 g/mol. The van der Waals surface area contributed by atoms with Crippen LogP contribution in [0.15, 0.2) is 30.6 Å². The summed E-state index contributed by atoms with van der Waals surface area (Å²) in [5.74, 6) is 0.821. The molecule has 13 heteroatoms. The average molecular weight is 484 g/mol. The molecule has 182 valence electrons. The molecule has 0 spiro atoms. The van der Waals surface area contributed by atoms with E-state index in [2.05, 4.69) is 10.4 Å². The highest BCUT2D eigenvalue weighted by Gasteiger charge is 2.40. The first-order valence-corrected chi connectivity index (χ1v) is 12.1. The molecule has 2 aromatic rings. The molecule has 1 aliphatic heterocycles. The Bertz CT molecular complexity index is 1030. The molecule has 1 atom stereocenters. The molecule has 0 saturated carbocycles. The summed E-state index contributed by atoms with van der Waals surface area (Å²) in [6.45, 7) is 5.04. The van der Waals surface area contributed by atoms with E-state index >= 15 is 0 Å². The van der Waals surface area contributed by atoms with Crippen LogP contribution in [0.3, 0.4) is 0 Å². The van der Waals surface area contributed by atoms with E-state index in [9.17, 15) is 18.4 Å². The number of carbonyl (C=O) groups excluding carboxylic acids is 1. The molecule has 1 aliphatic rings. The second-order valence-electron chi connectivity index (χ2n) is 7.32. The Morgan fingerprint density at radius 2 is 1.85 bits per heavy atom. The van der Waals surface area contributed by atoms with E-state index in [4.69, 9.17) is 14.2 Å². The molecule has 2 amide bonds. The first-order chi connectivity index (χ1) is 15.8. The van der Waals surface area contributed by atoms with E-state index < -0.39 is 26.8 Å². The number of hydrogen-bond donors (Lipinski definition) is 2. The van der Waals surface area contributed by atoms with Gasteiger partial charge in [-0.05, 0) is 26.7 Å². The minimum atomic E-state index is -4.69. The van der Waals surface area contributed by atoms with Crippen LogP contribution in [0.25, 0.3) is 0 Å². The zero-order valence-electron chi connectivity index (χ0n) is 18.8. The van der Waals surface area contributed by atoms with E-state index in [-0.39, 0.29) is 11.4 Å². The number of urea groups is 1. The Kier molecular flexibility index (Phi) is 8.13. The Hall–Kier alpha value is -2.87. The van der Waals surface area contributed by atoms with Crippen molar-refractivity contribution in [3.63, 3.8) is 0 Å². The Balaban J connectivity index is 1.86. The van der Waals surface area contributed by atoms with Gasteiger partial charge in [0.1, 0.15) is 11.5 Å². The second kappa shape index (κ2) is 10.8. The number of carbonyl (C=O) groups is 1. The largest absolute Gasteiger partial charge is 0.608 e. The standard InChI is InChI=1S/C20H29N5O7S/c1-4-31-18-10-15(11-19(12-18)32-5-2)22-20(26)25(27)33(28,29)24(16-6-8-30-9-7-16)17-13-21-23(3)14-17/h10-14,16,25H,4-9H2,1-3H3,(H,22,26). The van der Waals surface area contributed by atoms with Gasteiger partial charge < -0.3 is 19.4 Å². The SMILES string of the molecule is CCOc1cc(NC(=O)[NH+]([O-])S(=O)(=O)N(c2cnn(C)c2)C2CCOCC2)cc(OCC)c1. The fourth-order valence-corrected chi connectivity index (χ4v) is 4.96. The maximum Gasteiger partial charge on any atom is 0.436 e. The van der Waals surface area contributed by atoms with Gasteiger partial charge in [-0.1, -0.05) is 0 Å². The third kappa shape index (κ3) is 5.93. The number of nitrogens with zero attached hydrogens (tertiary/aromatic N) is 3. The highest BCUT2D eigenvalue weighted by molar-refractivity contribution is 7.86. The monoisotopic (exact) mass is 483 g/mol. The van der Waals surface area contributed by atoms with Gasteiger partial charge in [-0.3, -0.25) is 10.00 Å². The predicted octanol–water partition coefficient (Wildman–Crippen LogP) is 1.06. The van der Waals surface area contributed by atoms with Gasteiger partial charge in [-0.15, -0.1) is 0 Å². The third-order valence-corrected chi connectivity index (χ3v) is 6.59. The van der Waals surface area contributed by atoms with Gasteiger partial charge >= 0.3 is 16.2 Å². The number of aryl methyl sites for hydroxylation is 1. The lowest BCUT2D eigenvalue weighted by atomic mass is 10.1. The van der Waals surface area contributed by atoms with Crippen molar-refractivity contribution in [1.29, 1.82) is 0 Å². The number of quaternary nitrogens is 1. The van der Waals surface area contributed by atoms with Gasteiger partial charge in [0.15, 0.2) is 0 Å². The van der Waals surface area contributed by atoms with E-state index in [1.54, 1.807) is 27.0 Å². The molecule has 1 unspecified atom stereocenters. The molecule has 1 saturated heterocycles. The Morgan fingerprint density at radius 3 is 2.36 bits per heavy atom. The molecule has 3 rings (SSSR count). The summed E-state index contributed by atoms with van der Waals surface area (Å²) >= 11 is 0. The number of anilines is 2. The summed E-state index contributed by atoms with van der Waals surface area (Å²) in [6.07, 6.45) is 3.60. The van der Waals surface area contributed by atoms with Crippen molar-refractivity contribution in [3.8, 4) is 11.5 Å². The van der Waals surface area contributed by atoms with Crippen molar-refractivity contribution in [3.05, 3.63) is 35.8 Å². The van der Waals surface area contributed by atoms with Gasteiger partial charge in [0.25, 0.3) is 0 Å². The molecule has 0 radical (unpaired) electrons. The maximum atomic E-state index is 13.3. The normalized spacial score (nSPS) is 15.6. The highest BCUT2D eigenvalue weighted by atomic mass is 32.2. The molecule has 2 heterocycles. The summed E-state index contributed by atoms with van der Waals surface area (Å²) in [6, 6.07) is 2.79. The Morgan fingerprint density at radius 1 is 1.24 bits per heavy atom. The maximum absolute atomic E-state index is 13.3. The highest BCUT2D eigenvalue weighted by Crippen LogP contribution is 2.27. The lowest BCUT2D eigenvalue weighted by Gasteiger charge is -2.35. The molecule has 0 bridgehead atoms. The number of rotatable bonds is 9. The quantitative estimate of drug-likeness (QED) is 0.505. The van der Waals surface area contributed by atoms with Crippen molar-refractivity contribution in [2.75, 3.05) is 36.0 Å². The van der Waals surface area contributed by atoms with Crippen molar-refractivity contribution >= 4 is 27.6 Å².